The molecular formula is C17H13Cl2N5O. The largest absolute Gasteiger partial charge is 0.347 e. The molecule has 0 saturated heterocycles. The van der Waals surface area contributed by atoms with Crippen LogP contribution >= 0.6 is 23.2 Å². The molecule has 0 bridgehead atoms. The molecule has 0 aliphatic rings. The number of nitrogens with zero attached hydrogens (tertiary/aromatic N) is 3. The number of hydrogen-bond acceptors (Lipinski definition) is 5. The Hall–Kier alpha value is -2.70. The number of hydrogen-bond donors (Lipinski definition) is 2. The van der Waals surface area contributed by atoms with Gasteiger partial charge in [0.05, 0.1) is 10.7 Å². The number of aromatic nitrogens is 3. The molecule has 0 unspecified atom stereocenters. The lowest BCUT2D eigenvalue weighted by Gasteiger charge is -2.09. The van der Waals surface area contributed by atoms with Crippen molar-refractivity contribution >= 4 is 40.6 Å². The summed E-state index contributed by atoms with van der Waals surface area (Å²) in [5.41, 5.74) is 1.78. The van der Waals surface area contributed by atoms with E-state index in [-0.39, 0.29) is 11.6 Å². The number of benzene rings is 1. The number of carbonyl (C=O) groups is 1. The third-order valence-corrected chi connectivity index (χ3v) is 3.86. The van der Waals surface area contributed by atoms with E-state index >= 15 is 0 Å². The zero-order valence-electron chi connectivity index (χ0n) is 12.9. The molecule has 2 aromatic heterocycles. The second-order valence-corrected chi connectivity index (χ2v) is 5.92. The molecule has 1 amide bonds. The van der Waals surface area contributed by atoms with Gasteiger partial charge in [-0.25, -0.2) is 9.97 Å². The molecule has 25 heavy (non-hydrogen) atoms. The van der Waals surface area contributed by atoms with Crippen LogP contribution in [0.3, 0.4) is 0 Å². The van der Waals surface area contributed by atoms with Crippen LogP contribution in [-0.2, 0) is 6.54 Å². The molecule has 3 aromatic rings. The van der Waals surface area contributed by atoms with Crippen molar-refractivity contribution in [1.82, 2.24) is 20.3 Å². The number of anilines is 2. The molecule has 0 spiro atoms. The van der Waals surface area contributed by atoms with Gasteiger partial charge < -0.3 is 10.6 Å². The van der Waals surface area contributed by atoms with Gasteiger partial charge in [0.25, 0.3) is 5.91 Å². The number of halogens is 2. The van der Waals surface area contributed by atoms with Crippen molar-refractivity contribution in [1.29, 1.82) is 0 Å². The Morgan fingerprint density at radius 2 is 1.84 bits per heavy atom. The van der Waals surface area contributed by atoms with Gasteiger partial charge >= 0.3 is 0 Å². The van der Waals surface area contributed by atoms with Gasteiger partial charge in [0, 0.05) is 30.0 Å². The molecule has 126 valence electrons. The monoisotopic (exact) mass is 373 g/mol. The van der Waals surface area contributed by atoms with Crippen molar-refractivity contribution < 1.29 is 4.79 Å². The molecule has 6 nitrogen and oxygen atoms in total. The van der Waals surface area contributed by atoms with Crippen molar-refractivity contribution in [3.05, 3.63) is 76.4 Å². The average Bonchev–Trinajstić information content (AvgIpc) is 2.64. The minimum Gasteiger partial charge on any atom is -0.347 e. The summed E-state index contributed by atoms with van der Waals surface area (Å²) in [7, 11) is 0. The van der Waals surface area contributed by atoms with E-state index in [1.54, 1.807) is 36.7 Å². The van der Waals surface area contributed by atoms with E-state index in [1.165, 1.54) is 6.33 Å². The maximum absolute atomic E-state index is 12.3. The summed E-state index contributed by atoms with van der Waals surface area (Å²) in [6.07, 6.45) is 4.65. The lowest BCUT2D eigenvalue weighted by Crippen LogP contribution is -2.24. The highest BCUT2D eigenvalue weighted by Crippen LogP contribution is 2.27. The molecule has 0 aliphatic heterocycles. The quantitative estimate of drug-likeness (QED) is 0.709. The number of rotatable bonds is 5. The lowest BCUT2D eigenvalue weighted by atomic mass is 10.2. The molecule has 0 fully saturated rings. The number of amides is 1. The fraction of sp³-hybridized carbons (Fsp3) is 0.0588. The standard InChI is InChI=1S/C17H13Cl2N5O/c18-12-1-2-13(19)14(7-12)24-16-8-15(22-10-23-16)17(25)21-9-11-3-5-20-6-4-11/h1-8,10H,9H2,(H,21,25)(H,22,23,24). The van der Waals surface area contributed by atoms with Crippen molar-refractivity contribution in [2.75, 3.05) is 5.32 Å². The summed E-state index contributed by atoms with van der Waals surface area (Å²) in [5.74, 6) is 0.132. The van der Waals surface area contributed by atoms with Crippen molar-refractivity contribution in [2.24, 2.45) is 0 Å². The average molecular weight is 374 g/mol. The second kappa shape index (κ2) is 7.92. The number of nitrogens with one attached hydrogen (secondary N) is 2. The van der Waals surface area contributed by atoms with Crippen LogP contribution in [-0.4, -0.2) is 20.9 Å². The minimum atomic E-state index is -0.306. The van der Waals surface area contributed by atoms with Crippen LogP contribution in [0.2, 0.25) is 10.0 Å². The highest BCUT2D eigenvalue weighted by atomic mass is 35.5. The molecule has 8 heteroatoms. The summed E-state index contributed by atoms with van der Waals surface area (Å²) in [6.45, 7) is 0.383. The number of carbonyl (C=O) groups excluding carboxylic acids is 1. The maximum Gasteiger partial charge on any atom is 0.270 e. The Morgan fingerprint density at radius 3 is 2.64 bits per heavy atom. The van der Waals surface area contributed by atoms with Gasteiger partial charge in [0.2, 0.25) is 0 Å². The summed E-state index contributed by atoms with van der Waals surface area (Å²) in [4.78, 5) is 24.3. The molecule has 0 atom stereocenters. The second-order valence-electron chi connectivity index (χ2n) is 5.08. The van der Waals surface area contributed by atoms with Gasteiger partial charge in [0.1, 0.15) is 17.8 Å². The van der Waals surface area contributed by atoms with Gasteiger partial charge in [-0.3, -0.25) is 9.78 Å². The van der Waals surface area contributed by atoms with Gasteiger partial charge in [-0.1, -0.05) is 23.2 Å². The first-order valence-electron chi connectivity index (χ1n) is 7.33. The zero-order valence-corrected chi connectivity index (χ0v) is 14.4. The van der Waals surface area contributed by atoms with E-state index in [4.69, 9.17) is 23.2 Å². The Balaban J connectivity index is 1.70. The van der Waals surface area contributed by atoms with E-state index in [2.05, 4.69) is 25.6 Å². The molecular weight excluding hydrogens is 361 g/mol. The first-order chi connectivity index (χ1) is 12.1. The van der Waals surface area contributed by atoms with Crippen molar-refractivity contribution in [2.45, 2.75) is 6.54 Å². The molecule has 2 N–H and O–H groups in total. The van der Waals surface area contributed by atoms with E-state index in [1.807, 2.05) is 12.1 Å². The predicted molar refractivity (Wildman–Crippen MR) is 97.2 cm³/mol. The minimum absolute atomic E-state index is 0.240. The first kappa shape index (κ1) is 17.1. The van der Waals surface area contributed by atoms with Gasteiger partial charge in [-0.15, -0.1) is 0 Å². The van der Waals surface area contributed by atoms with Gasteiger partial charge in [-0.05, 0) is 35.9 Å². The van der Waals surface area contributed by atoms with Crippen molar-refractivity contribution in [3.63, 3.8) is 0 Å². The first-order valence-corrected chi connectivity index (χ1v) is 8.08. The van der Waals surface area contributed by atoms with Crippen LogP contribution in [0.25, 0.3) is 0 Å². The van der Waals surface area contributed by atoms with E-state index in [9.17, 15) is 4.79 Å². The van der Waals surface area contributed by atoms with E-state index in [0.717, 1.165) is 5.56 Å². The van der Waals surface area contributed by atoms with Gasteiger partial charge in [-0.2, -0.15) is 0 Å². The summed E-state index contributed by atoms with van der Waals surface area (Å²) < 4.78 is 0. The number of pyridine rings is 1. The molecule has 0 aliphatic carbocycles. The molecule has 2 heterocycles. The van der Waals surface area contributed by atoms with E-state index in [0.29, 0.717) is 28.1 Å². The molecule has 3 rings (SSSR count). The predicted octanol–water partition coefficient (Wildman–Crippen LogP) is 3.85. The Kier molecular flexibility index (Phi) is 5.42. The Bertz CT molecular complexity index is 889. The van der Waals surface area contributed by atoms with Crippen LogP contribution < -0.4 is 10.6 Å². The molecule has 0 radical (unpaired) electrons. The van der Waals surface area contributed by atoms with Crippen LogP contribution in [0.1, 0.15) is 16.1 Å². The van der Waals surface area contributed by atoms with Crippen molar-refractivity contribution in [3.8, 4) is 0 Å². The normalized spacial score (nSPS) is 10.3. The van der Waals surface area contributed by atoms with Crippen LogP contribution in [0.15, 0.2) is 55.1 Å². The topological polar surface area (TPSA) is 79.8 Å². The highest BCUT2D eigenvalue weighted by Gasteiger charge is 2.10. The zero-order chi connectivity index (χ0) is 17.6. The lowest BCUT2D eigenvalue weighted by molar-refractivity contribution is 0.0946. The summed E-state index contributed by atoms with van der Waals surface area (Å²) in [5, 5.41) is 6.85. The van der Waals surface area contributed by atoms with Gasteiger partial charge in [0.15, 0.2) is 0 Å². The SMILES string of the molecule is O=C(NCc1ccncc1)c1cc(Nc2cc(Cl)ccc2Cl)ncn1. The fourth-order valence-electron chi connectivity index (χ4n) is 2.05. The molecule has 0 saturated carbocycles. The molecule has 1 aromatic carbocycles. The summed E-state index contributed by atoms with van der Waals surface area (Å²) >= 11 is 12.1. The van der Waals surface area contributed by atoms with Crippen LogP contribution in [0, 0.1) is 0 Å². The smallest absolute Gasteiger partial charge is 0.270 e. The highest BCUT2D eigenvalue weighted by molar-refractivity contribution is 6.35. The van der Waals surface area contributed by atoms with Crippen LogP contribution in [0.4, 0.5) is 11.5 Å². The Labute approximate surface area is 154 Å². The van der Waals surface area contributed by atoms with E-state index < -0.39 is 0 Å². The third-order valence-electron chi connectivity index (χ3n) is 3.29. The Morgan fingerprint density at radius 1 is 1.04 bits per heavy atom. The van der Waals surface area contributed by atoms with Crippen LogP contribution in [0.5, 0.6) is 0 Å². The summed E-state index contributed by atoms with van der Waals surface area (Å²) in [6, 6.07) is 10.2. The third kappa shape index (κ3) is 4.65. The fourth-order valence-corrected chi connectivity index (χ4v) is 2.39. The maximum atomic E-state index is 12.3.